The number of fused-ring (bicyclic) bond motifs is 1. The highest BCUT2D eigenvalue weighted by molar-refractivity contribution is 6.05. The maximum atomic E-state index is 12.8. The molecular weight excluding hydrogens is 336 g/mol. The number of carbonyl (C=O) groups excluding carboxylic acids is 1. The Labute approximate surface area is 147 Å². The van der Waals surface area contributed by atoms with Gasteiger partial charge in [-0.2, -0.15) is 0 Å². The highest BCUT2D eigenvalue weighted by Crippen LogP contribution is 2.39. The van der Waals surface area contributed by atoms with Crippen molar-refractivity contribution >= 4 is 16.9 Å². The van der Waals surface area contributed by atoms with Crippen molar-refractivity contribution in [3.8, 4) is 0 Å². The van der Waals surface area contributed by atoms with Crippen LogP contribution < -0.4 is 16.6 Å². The zero-order valence-corrected chi connectivity index (χ0v) is 14.2. The zero-order chi connectivity index (χ0) is 18.3. The smallest absolute Gasteiger partial charge is 0.329 e. The topological polar surface area (TPSA) is 110 Å². The maximum Gasteiger partial charge on any atom is 0.329 e. The molecule has 0 saturated heterocycles. The van der Waals surface area contributed by atoms with Crippen LogP contribution in [-0.2, 0) is 13.1 Å². The molecule has 0 radical (unpaired) electrons. The fourth-order valence-corrected chi connectivity index (χ4v) is 3.02. The fourth-order valence-electron chi connectivity index (χ4n) is 3.02. The molecule has 1 aliphatic rings. The van der Waals surface area contributed by atoms with E-state index in [9.17, 15) is 14.4 Å². The third-order valence-corrected chi connectivity index (χ3v) is 4.56. The van der Waals surface area contributed by atoms with Crippen LogP contribution in [-0.4, -0.2) is 20.4 Å². The van der Waals surface area contributed by atoms with Crippen molar-refractivity contribution in [2.75, 3.05) is 0 Å². The van der Waals surface area contributed by atoms with E-state index in [1.165, 1.54) is 10.8 Å². The molecule has 1 saturated carbocycles. The van der Waals surface area contributed by atoms with E-state index in [-0.39, 0.29) is 35.0 Å². The van der Waals surface area contributed by atoms with Gasteiger partial charge in [0.1, 0.15) is 0 Å². The number of amides is 1. The summed E-state index contributed by atoms with van der Waals surface area (Å²) in [5.41, 5.74) is 0.952. The Morgan fingerprint density at radius 3 is 2.88 bits per heavy atom. The first-order valence-electron chi connectivity index (χ1n) is 8.55. The van der Waals surface area contributed by atoms with Crippen LogP contribution in [0.5, 0.6) is 0 Å². The number of carbonyl (C=O) groups is 1. The molecule has 0 bridgehead atoms. The standard InChI is InChI=1S/C18H18N4O4/c1-2-22-15-14(17(24)21-18(22)25)12(7-13(20-15)11-3-4-11)16(23)19-8-10-5-6-26-9-10/h5-7,9,11H,2-4,8H2,1H3,(H,19,23)(H,21,24,25). The molecule has 8 nitrogen and oxygen atoms in total. The summed E-state index contributed by atoms with van der Waals surface area (Å²) in [7, 11) is 0. The minimum atomic E-state index is -0.599. The van der Waals surface area contributed by atoms with Gasteiger partial charge in [-0.15, -0.1) is 0 Å². The van der Waals surface area contributed by atoms with Crippen molar-refractivity contribution in [3.63, 3.8) is 0 Å². The number of pyridine rings is 1. The van der Waals surface area contributed by atoms with Gasteiger partial charge >= 0.3 is 5.69 Å². The van der Waals surface area contributed by atoms with Crippen LogP contribution in [0.3, 0.4) is 0 Å². The summed E-state index contributed by atoms with van der Waals surface area (Å²) in [5.74, 6) is -0.105. The van der Waals surface area contributed by atoms with Crippen LogP contribution in [0.4, 0.5) is 0 Å². The van der Waals surface area contributed by atoms with E-state index >= 15 is 0 Å². The Bertz CT molecular complexity index is 1090. The van der Waals surface area contributed by atoms with Crippen molar-refractivity contribution in [1.82, 2.24) is 19.9 Å². The number of aromatic nitrogens is 3. The molecule has 3 aromatic rings. The summed E-state index contributed by atoms with van der Waals surface area (Å²) in [6, 6.07) is 3.42. The van der Waals surface area contributed by atoms with Gasteiger partial charge in [-0.3, -0.25) is 19.1 Å². The molecule has 0 aliphatic heterocycles. The van der Waals surface area contributed by atoms with Gasteiger partial charge < -0.3 is 9.73 Å². The lowest BCUT2D eigenvalue weighted by atomic mass is 10.1. The van der Waals surface area contributed by atoms with Gasteiger partial charge in [0.25, 0.3) is 11.5 Å². The molecular formula is C18H18N4O4. The van der Waals surface area contributed by atoms with Crippen molar-refractivity contribution in [2.45, 2.75) is 38.8 Å². The molecule has 3 aromatic heterocycles. The molecule has 0 atom stereocenters. The van der Waals surface area contributed by atoms with Crippen LogP contribution >= 0.6 is 0 Å². The molecule has 8 heteroatoms. The molecule has 0 unspecified atom stereocenters. The van der Waals surface area contributed by atoms with Gasteiger partial charge in [-0.05, 0) is 31.9 Å². The Hall–Kier alpha value is -3.16. The van der Waals surface area contributed by atoms with Crippen molar-refractivity contribution in [3.05, 3.63) is 62.3 Å². The predicted octanol–water partition coefficient (Wildman–Crippen LogP) is 1.51. The van der Waals surface area contributed by atoms with Crippen molar-refractivity contribution in [1.29, 1.82) is 0 Å². The van der Waals surface area contributed by atoms with Crippen LogP contribution in [0.2, 0.25) is 0 Å². The molecule has 0 spiro atoms. The number of rotatable bonds is 5. The minimum Gasteiger partial charge on any atom is -0.472 e. The summed E-state index contributed by atoms with van der Waals surface area (Å²) in [5, 5.41) is 2.93. The van der Waals surface area contributed by atoms with Crippen LogP contribution in [0, 0.1) is 0 Å². The zero-order valence-electron chi connectivity index (χ0n) is 14.2. The molecule has 2 N–H and O–H groups in total. The highest BCUT2D eigenvalue weighted by Gasteiger charge is 2.28. The van der Waals surface area contributed by atoms with Gasteiger partial charge in [0, 0.05) is 30.3 Å². The van der Waals surface area contributed by atoms with Gasteiger partial charge in [-0.1, -0.05) is 0 Å². The number of nitrogens with zero attached hydrogens (tertiary/aromatic N) is 2. The second-order valence-corrected chi connectivity index (χ2v) is 6.39. The monoisotopic (exact) mass is 354 g/mol. The van der Waals surface area contributed by atoms with E-state index in [1.807, 2.05) is 0 Å². The first kappa shape index (κ1) is 16.3. The summed E-state index contributed by atoms with van der Waals surface area (Å²) in [6.07, 6.45) is 5.06. The van der Waals surface area contributed by atoms with Gasteiger partial charge in [0.2, 0.25) is 0 Å². The summed E-state index contributed by atoms with van der Waals surface area (Å²) in [6.45, 7) is 2.43. The molecule has 1 aliphatic carbocycles. The molecule has 134 valence electrons. The Morgan fingerprint density at radius 2 is 2.23 bits per heavy atom. The van der Waals surface area contributed by atoms with Gasteiger partial charge in [0.15, 0.2) is 5.65 Å². The lowest BCUT2D eigenvalue weighted by molar-refractivity contribution is 0.0952. The molecule has 26 heavy (non-hydrogen) atoms. The second kappa shape index (κ2) is 6.29. The van der Waals surface area contributed by atoms with E-state index in [2.05, 4.69) is 15.3 Å². The lowest BCUT2D eigenvalue weighted by Gasteiger charge is -2.12. The average Bonchev–Trinajstić information content (AvgIpc) is 3.35. The summed E-state index contributed by atoms with van der Waals surface area (Å²) < 4.78 is 6.37. The van der Waals surface area contributed by atoms with Gasteiger partial charge in [-0.25, -0.2) is 9.78 Å². The number of aryl methyl sites for hydroxylation is 1. The minimum absolute atomic E-state index is 0.139. The van der Waals surface area contributed by atoms with E-state index < -0.39 is 11.2 Å². The van der Waals surface area contributed by atoms with Crippen molar-refractivity contribution < 1.29 is 9.21 Å². The van der Waals surface area contributed by atoms with E-state index in [4.69, 9.17) is 4.42 Å². The third-order valence-electron chi connectivity index (χ3n) is 4.56. The first-order valence-corrected chi connectivity index (χ1v) is 8.55. The van der Waals surface area contributed by atoms with Crippen LogP contribution in [0.15, 0.2) is 38.7 Å². The molecule has 0 aromatic carbocycles. The summed E-state index contributed by atoms with van der Waals surface area (Å²) >= 11 is 0. The Kier molecular flexibility index (Phi) is 3.95. The largest absolute Gasteiger partial charge is 0.472 e. The molecule has 1 fully saturated rings. The maximum absolute atomic E-state index is 12.8. The summed E-state index contributed by atoms with van der Waals surface area (Å²) in [4.78, 5) is 44.1. The Morgan fingerprint density at radius 1 is 1.42 bits per heavy atom. The van der Waals surface area contributed by atoms with E-state index in [1.54, 1.807) is 25.3 Å². The number of H-pyrrole nitrogens is 1. The van der Waals surface area contributed by atoms with Crippen molar-refractivity contribution in [2.24, 2.45) is 0 Å². The average molecular weight is 354 g/mol. The first-order chi connectivity index (χ1) is 12.6. The predicted molar refractivity (Wildman–Crippen MR) is 94.2 cm³/mol. The van der Waals surface area contributed by atoms with E-state index in [0.717, 1.165) is 24.1 Å². The van der Waals surface area contributed by atoms with Crippen LogP contribution in [0.1, 0.15) is 47.3 Å². The third kappa shape index (κ3) is 2.83. The fraction of sp³-hybridized carbons (Fsp3) is 0.333. The molecule has 1 amide bonds. The lowest BCUT2D eigenvalue weighted by Crippen LogP contribution is -2.33. The number of furan rings is 1. The normalized spacial score (nSPS) is 13.9. The number of aromatic amines is 1. The number of nitrogens with one attached hydrogen (secondary N) is 2. The van der Waals surface area contributed by atoms with E-state index in [0.29, 0.717) is 6.54 Å². The van der Waals surface area contributed by atoms with Crippen LogP contribution in [0.25, 0.3) is 11.0 Å². The molecule has 4 rings (SSSR count). The second-order valence-electron chi connectivity index (χ2n) is 6.39. The highest BCUT2D eigenvalue weighted by atomic mass is 16.3. The SMILES string of the molecule is CCn1c(=O)[nH]c(=O)c2c(C(=O)NCc3ccoc3)cc(C3CC3)nc21. The number of hydrogen-bond acceptors (Lipinski definition) is 5. The number of hydrogen-bond donors (Lipinski definition) is 2. The quantitative estimate of drug-likeness (QED) is 0.721. The molecule has 3 heterocycles. The van der Waals surface area contributed by atoms with Gasteiger partial charge in [0.05, 0.1) is 23.5 Å². The Balaban J connectivity index is 1.85.